The summed E-state index contributed by atoms with van der Waals surface area (Å²) in [4.78, 5) is 25.4. The van der Waals surface area contributed by atoms with Gasteiger partial charge in [-0.2, -0.15) is 0 Å². The molecule has 1 heterocycles. The Labute approximate surface area is 108 Å². The molecule has 0 radical (unpaired) electrons. The minimum absolute atomic E-state index is 0.188. The van der Waals surface area contributed by atoms with E-state index in [0.29, 0.717) is 13.0 Å². The monoisotopic (exact) mass is 253 g/mol. The minimum Gasteiger partial charge on any atom is -0.481 e. The number of carbonyl (C=O) groups excluding carboxylic acids is 1. The Morgan fingerprint density at radius 1 is 1.17 bits per heavy atom. The van der Waals surface area contributed by atoms with E-state index in [9.17, 15) is 9.59 Å². The molecule has 0 bridgehead atoms. The molecule has 0 aromatic rings. The third-order valence-corrected chi connectivity index (χ3v) is 4.53. The molecule has 1 aliphatic carbocycles. The van der Waals surface area contributed by atoms with Crippen LogP contribution >= 0.6 is 0 Å². The number of hydrogen-bond acceptors (Lipinski definition) is 2. The molecule has 0 spiro atoms. The molecule has 2 rings (SSSR count). The fourth-order valence-electron chi connectivity index (χ4n) is 3.29. The van der Waals surface area contributed by atoms with Crippen molar-refractivity contribution in [1.82, 2.24) is 4.90 Å². The van der Waals surface area contributed by atoms with Gasteiger partial charge >= 0.3 is 5.97 Å². The number of likely N-dealkylation sites (tertiary alicyclic amines) is 1. The van der Waals surface area contributed by atoms with Crippen molar-refractivity contribution in [2.75, 3.05) is 13.1 Å². The summed E-state index contributed by atoms with van der Waals surface area (Å²) in [6.45, 7) is 3.20. The zero-order chi connectivity index (χ0) is 13.2. The van der Waals surface area contributed by atoms with Crippen molar-refractivity contribution in [1.29, 1.82) is 0 Å². The van der Waals surface area contributed by atoms with E-state index in [1.165, 1.54) is 6.42 Å². The Morgan fingerprint density at radius 2 is 1.83 bits per heavy atom. The van der Waals surface area contributed by atoms with Gasteiger partial charge < -0.3 is 10.0 Å². The van der Waals surface area contributed by atoms with E-state index in [2.05, 4.69) is 6.92 Å². The van der Waals surface area contributed by atoms with Crippen LogP contribution in [0.25, 0.3) is 0 Å². The number of carboxylic acids is 1. The van der Waals surface area contributed by atoms with Crippen molar-refractivity contribution in [3.8, 4) is 0 Å². The van der Waals surface area contributed by atoms with E-state index in [-0.39, 0.29) is 17.2 Å². The van der Waals surface area contributed by atoms with Crippen LogP contribution in [-0.4, -0.2) is 35.0 Å². The highest BCUT2D eigenvalue weighted by Crippen LogP contribution is 2.38. The molecule has 4 heteroatoms. The molecule has 1 aliphatic heterocycles. The van der Waals surface area contributed by atoms with E-state index < -0.39 is 5.97 Å². The van der Waals surface area contributed by atoms with Gasteiger partial charge in [-0.15, -0.1) is 0 Å². The highest BCUT2D eigenvalue weighted by atomic mass is 16.4. The summed E-state index contributed by atoms with van der Waals surface area (Å²) in [6, 6.07) is 0. The molecule has 1 saturated heterocycles. The van der Waals surface area contributed by atoms with E-state index in [1.54, 1.807) is 4.90 Å². The first-order valence-electron chi connectivity index (χ1n) is 7.05. The average Bonchev–Trinajstić information content (AvgIpc) is 2.39. The highest BCUT2D eigenvalue weighted by Gasteiger charge is 2.39. The number of carbonyl (C=O) groups is 2. The van der Waals surface area contributed by atoms with Gasteiger partial charge in [0.1, 0.15) is 0 Å². The number of amides is 1. The Hall–Kier alpha value is -1.06. The van der Waals surface area contributed by atoms with Gasteiger partial charge in [-0.05, 0) is 25.7 Å². The number of piperidine rings is 1. The summed E-state index contributed by atoms with van der Waals surface area (Å²) in [6.07, 6.45) is 6.91. The van der Waals surface area contributed by atoms with Crippen LogP contribution < -0.4 is 0 Å². The minimum atomic E-state index is -0.763. The van der Waals surface area contributed by atoms with Crippen LogP contribution in [0.15, 0.2) is 0 Å². The van der Waals surface area contributed by atoms with E-state index in [1.807, 2.05) is 0 Å². The first-order valence-corrected chi connectivity index (χ1v) is 7.05. The van der Waals surface area contributed by atoms with Crippen molar-refractivity contribution < 1.29 is 14.7 Å². The van der Waals surface area contributed by atoms with E-state index in [4.69, 9.17) is 5.11 Å². The van der Waals surface area contributed by atoms with Gasteiger partial charge in [0.15, 0.2) is 0 Å². The summed E-state index contributed by atoms with van der Waals surface area (Å²) in [5, 5.41) is 9.07. The molecule has 1 N–H and O–H groups in total. The second-order valence-corrected chi connectivity index (χ2v) is 6.05. The molecule has 4 nitrogen and oxygen atoms in total. The zero-order valence-electron chi connectivity index (χ0n) is 11.2. The lowest BCUT2D eigenvalue weighted by Gasteiger charge is -2.40. The molecule has 18 heavy (non-hydrogen) atoms. The number of aliphatic carboxylic acids is 1. The molecular formula is C14H23NO3. The van der Waals surface area contributed by atoms with Crippen molar-refractivity contribution in [2.24, 2.45) is 11.3 Å². The molecule has 2 fully saturated rings. The Kier molecular flexibility index (Phi) is 3.93. The summed E-state index contributed by atoms with van der Waals surface area (Å²) in [7, 11) is 0. The van der Waals surface area contributed by atoms with Gasteiger partial charge in [0.05, 0.1) is 5.92 Å². The maximum absolute atomic E-state index is 12.6. The Bertz CT molecular complexity index is 334. The number of rotatable bonds is 2. The standard InChI is InChI=1S/C14H23NO3/c1-14(7-3-2-4-8-14)13(18)15-9-5-6-11(10-15)12(16)17/h11H,2-10H2,1H3,(H,16,17). The summed E-state index contributed by atoms with van der Waals surface area (Å²) in [5.74, 6) is -0.940. The first kappa shape index (κ1) is 13.4. The van der Waals surface area contributed by atoms with Crippen molar-refractivity contribution in [2.45, 2.75) is 51.9 Å². The van der Waals surface area contributed by atoms with Crippen molar-refractivity contribution in [3.05, 3.63) is 0 Å². The number of carboxylic acid groups (broad SMARTS) is 1. The molecule has 0 aromatic carbocycles. The predicted octanol–water partition coefficient (Wildman–Crippen LogP) is 2.28. The highest BCUT2D eigenvalue weighted by molar-refractivity contribution is 5.83. The maximum atomic E-state index is 12.6. The number of hydrogen-bond donors (Lipinski definition) is 1. The molecule has 1 saturated carbocycles. The lowest BCUT2D eigenvalue weighted by atomic mass is 9.74. The van der Waals surface area contributed by atoms with E-state index in [0.717, 1.165) is 38.6 Å². The quantitative estimate of drug-likeness (QED) is 0.821. The first-order chi connectivity index (χ1) is 8.53. The van der Waals surface area contributed by atoms with Crippen LogP contribution in [-0.2, 0) is 9.59 Å². The predicted molar refractivity (Wildman–Crippen MR) is 68.1 cm³/mol. The van der Waals surface area contributed by atoms with Crippen LogP contribution in [0, 0.1) is 11.3 Å². The molecule has 0 aromatic heterocycles. The summed E-state index contributed by atoms with van der Waals surface area (Å²) in [5.41, 5.74) is -0.237. The fraction of sp³-hybridized carbons (Fsp3) is 0.857. The molecule has 1 atom stereocenters. The SMILES string of the molecule is CC1(C(=O)N2CCCC(C(=O)O)C2)CCCCC1. The lowest BCUT2D eigenvalue weighted by molar-refractivity contribution is -0.150. The Morgan fingerprint density at radius 3 is 2.44 bits per heavy atom. The average molecular weight is 253 g/mol. The van der Waals surface area contributed by atoms with E-state index >= 15 is 0 Å². The van der Waals surface area contributed by atoms with Gasteiger partial charge in [-0.1, -0.05) is 26.2 Å². The van der Waals surface area contributed by atoms with Crippen LogP contribution in [0.5, 0.6) is 0 Å². The topological polar surface area (TPSA) is 57.6 Å². The zero-order valence-corrected chi connectivity index (χ0v) is 11.2. The molecule has 102 valence electrons. The van der Waals surface area contributed by atoms with Crippen LogP contribution in [0.2, 0.25) is 0 Å². The third kappa shape index (κ3) is 2.68. The number of nitrogens with zero attached hydrogens (tertiary/aromatic N) is 1. The lowest BCUT2D eigenvalue weighted by Crippen LogP contribution is -2.49. The summed E-state index contributed by atoms with van der Waals surface area (Å²) >= 11 is 0. The van der Waals surface area contributed by atoms with Gasteiger partial charge in [0.25, 0.3) is 0 Å². The fourth-order valence-corrected chi connectivity index (χ4v) is 3.29. The second kappa shape index (κ2) is 5.29. The van der Waals surface area contributed by atoms with Crippen LogP contribution in [0.1, 0.15) is 51.9 Å². The van der Waals surface area contributed by atoms with Crippen LogP contribution in [0.4, 0.5) is 0 Å². The smallest absolute Gasteiger partial charge is 0.308 e. The van der Waals surface area contributed by atoms with Gasteiger partial charge in [-0.25, -0.2) is 0 Å². The molecule has 2 aliphatic rings. The normalized spacial score (nSPS) is 27.8. The third-order valence-electron chi connectivity index (χ3n) is 4.53. The molecule has 1 amide bonds. The maximum Gasteiger partial charge on any atom is 0.308 e. The van der Waals surface area contributed by atoms with Crippen molar-refractivity contribution in [3.63, 3.8) is 0 Å². The van der Waals surface area contributed by atoms with Gasteiger partial charge in [0.2, 0.25) is 5.91 Å². The second-order valence-electron chi connectivity index (χ2n) is 6.05. The van der Waals surface area contributed by atoms with Gasteiger partial charge in [0, 0.05) is 18.5 Å². The van der Waals surface area contributed by atoms with Crippen molar-refractivity contribution >= 4 is 11.9 Å². The largest absolute Gasteiger partial charge is 0.481 e. The molecular weight excluding hydrogens is 230 g/mol. The van der Waals surface area contributed by atoms with Crippen LogP contribution in [0.3, 0.4) is 0 Å². The van der Waals surface area contributed by atoms with Gasteiger partial charge in [-0.3, -0.25) is 9.59 Å². The molecule has 1 unspecified atom stereocenters. The Balaban J connectivity index is 2.01. The summed E-state index contributed by atoms with van der Waals surface area (Å²) < 4.78 is 0.